The second-order valence-corrected chi connectivity index (χ2v) is 5.30. The second kappa shape index (κ2) is 6.92. The molecule has 0 heterocycles. The van der Waals surface area contributed by atoms with Crippen LogP contribution < -0.4 is 10.2 Å². The molecule has 3 aromatic rings. The monoisotopic (exact) mass is 336 g/mol. The SMILES string of the molecule is COc1ccc(O)c(/C=N/NC(=O)c2cccc3cccc(O)c23)c1. The van der Waals surface area contributed by atoms with Crippen molar-refractivity contribution >= 4 is 22.9 Å². The Morgan fingerprint density at radius 3 is 2.60 bits per heavy atom. The summed E-state index contributed by atoms with van der Waals surface area (Å²) in [5.74, 6) is 0.134. The lowest BCUT2D eigenvalue weighted by Gasteiger charge is -2.07. The van der Waals surface area contributed by atoms with Gasteiger partial charge in [-0.25, -0.2) is 5.43 Å². The van der Waals surface area contributed by atoms with Gasteiger partial charge < -0.3 is 14.9 Å². The fraction of sp³-hybridized carbons (Fsp3) is 0.0526. The lowest BCUT2D eigenvalue weighted by molar-refractivity contribution is 0.0956. The number of carbonyl (C=O) groups is 1. The van der Waals surface area contributed by atoms with Crippen LogP contribution in [-0.2, 0) is 0 Å². The van der Waals surface area contributed by atoms with Crippen molar-refractivity contribution in [2.75, 3.05) is 7.11 Å². The van der Waals surface area contributed by atoms with Gasteiger partial charge in [-0.1, -0.05) is 24.3 Å². The molecule has 1 amide bonds. The summed E-state index contributed by atoms with van der Waals surface area (Å²) in [6, 6.07) is 14.9. The molecule has 0 bridgehead atoms. The molecule has 0 aliphatic heterocycles. The van der Waals surface area contributed by atoms with E-state index < -0.39 is 5.91 Å². The molecule has 0 unspecified atom stereocenters. The van der Waals surface area contributed by atoms with E-state index in [1.807, 2.05) is 12.1 Å². The molecule has 126 valence electrons. The van der Waals surface area contributed by atoms with Crippen LogP contribution in [0.25, 0.3) is 10.8 Å². The number of hydrogen-bond donors (Lipinski definition) is 3. The number of hydrogen-bond acceptors (Lipinski definition) is 5. The van der Waals surface area contributed by atoms with Gasteiger partial charge in [0.2, 0.25) is 0 Å². The number of benzene rings is 3. The van der Waals surface area contributed by atoms with E-state index in [1.165, 1.54) is 25.5 Å². The Hall–Kier alpha value is -3.54. The quantitative estimate of drug-likeness (QED) is 0.504. The van der Waals surface area contributed by atoms with E-state index in [4.69, 9.17) is 4.74 Å². The number of fused-ring (bicyclic) bond motifs is 1. The molecule has 0 fully saturated rings. The van der Waals surface area contributed by atoms with Gasteiger partial charge in [-0.05, 0) is 35.7 Å². The van der Waals surface area contributed by atoms with Gasteiger partial charge in [0.05, 0.1) is 18.9 Å². The molecule has 6 heteroatoms. The average molecular weight is 336 g/mol. The zero-order valence-corrected chi connectivity index (χ0v) is 13.4. The van der Waals surface area contributed by atoms with Crippen LogP contribution in [0.2, 0.25) is 0 Å². The summed E-state index contributed by atoms with van der Waals surface area (Å²) in [4.78, 5) is 12.4. The summed E-state index contributed by atoms with van der Waals surface area (Å²) in [7, 11) is 1.52. The van der Waals surface area contributed by atoms with Crippen molar-refractivity contribution in [1.82, 2.24) is 5.43 Å². The highest BCUT2D eigenvalue weighted by atomic mass is 16.5. The normalized spacial score (nSPS) is 10.9. The van der Waals surface area contributed by atoms with Crippen molar-refractivity contribution in [3.63, 3.8) is 0 Å². The van der Waals surface area contributed by atoms with Gasteiger partial charge in [0, 0.05) is 10.9 Å². The summed E-state index contributed by atoms with van der Waals surface area (Å²) >= 11 is 0. The van der Waals surface area contributed by atoms with Crippen LogP contribution in [0.4, 0.5) is 0 Å². The van der Waals surface area contributed by atoms with Gasteiger partial charge in [0.25, 0.3) is 5.91 Å². The summed E-state index contributed by atoms with van der Waals surface area (Å²) in [6.07, 6.45) is 1.32. The van der Waals surface area contributed by atoms with Crippen LogP contribution in [-0.4, -0.2) is 29.4 Å². The number of nitrogens with zero attached hydrogens (tertiary/aromatic N) is 1. The first-order chi connectivity index (χ1) is 12.1. The molecule has 0 saturated heterocycles. The highest BCUT2D eigenvalue weighted by molar-refractivity contribution is 6.09. The van der Waals surface area contributed by atoms with E-state index in [0.29, 0.717) is 22.3 Å². The van der Waals surface area contributed by atoms with E-state index >= 15 is 0 Å². The van der Waals surface area contributed by atoms with E-state index in [2.05, 4.69) is 10.5 Å². The third kappa shape index (κ3) is 3.37. The standard InChI is InChI=1S/C19H16N2O4/c1-25-14-8-9-16(22)13(10-14)11-20-21-19(24)15-6-2-4-12-5-3-7-17(23)18(12)15/h2-11,22-23H,1H3,(H,21,24)/b20-11+. The predicted molar refractivity (Wildman–Crippen MR) is 95.3 cm³/mol. The summed E-state index contributed by atoms with van der Waals surface area (Å²) in [5.41, 5.74) is 3.11. The fourth-order valence-corrected chi connectivity index (χ4v) is 2.49. The van der Waals surface area contributed by atoms with Crippen LogP contribution in [0.1, 0.15) is 15.9 Å². The minimum absolute atomic E-state index is 0.0154. The molecule has 25 heavy (non-hydrogen) atoms. The molecular formula is C19H16N2O4. The van der Waals surface area contributed by atoms with Gasteiger partial charge >= 0.3 is 0 Å². The highest BCUT2D eigenvalue weighted by Gasteiger charge is 2.12. The van der Waals surface area contributed by atoms with E-state index in [0.717, 1.165) is 5.39 Å². The number of amides is 1. The van der Waals surface area contributed by atoms with Crippen molar-refractivity contribution in [2.24, 2.45) is 5.10 Å². The van der Waals surface area contributed by atoms with Crippen molar-refractivity contribution < 1.29 is 19.7 Å². The fourth-order valence-electron chi connectivity index (χ4n) is 2.49. The number of methoxy groups -OCH3 is 1. The Kier molecular flexibility index (Phi) is 4.52. The summed E-state index contributed by atoms with van der Waals surface area (Å²) in [5, 5.41) is 24.9. The first-order valence-electron chi connectivity index (χ1n) is 7.51. The van der Waals surface area contributed by atoms with Gasteiger partial charge in [-0.15, -0.1) is 0 Å². The van der Waals surface area contributed by atoms with Crippen molar-refractivity contribution in [3.8, 4) is 17.2 Å². The van der Waals surface area contributed by atoms with Gasteiger partial charge in [-0.3, -0.25) is 4.79 Å². The number of nitrogens with one attached hydrogen (secondary N) is 1. The topological polar surface area (TPSA) is 91.2 Å². The van der Waals surface area contributed by atoms with Gasteiger partial charge in [-0.2, -0.15) is 5.10 Å². The number of aromatic hydroxyl groups is 2. The molecule has 0 aromatic heterocycles. The largest absolute Gasteiger partial charge is 0.507 e. The Bertz CT molecular complexity index is 962. The molecule has 0 radical (unpaired) electrons. The zero-order chi connectivity index (χ0) is 17.8. The lowest BCUT2D eigenvalue weighted by Crippen LogP contribution is -2.18. The molecule has 6 nitrogen and oxygen atoms in total. The number of carbonyl (C=O) groups excluding carboxylic acids is 1. The average Bonchev–Trinajstić information content (AvgIpc) is 2.63. The summed E-state index contributed by atoms with van der Waals surface area (Å²) in [6.45, 7) is 0. The number of hydrazone groups is 1. The van der Waals surface area contributed by atoms with E-state index in [-0.39, 0.29) is 11.5 Å². The smallest absolute Gasteiger partial charge is 0.272 e. The molecule has 3 aromatic carbocycles. The maximum atomic E-state index is 12.4. The Morgan fingerprint density at radius 2 is 1.84 bits per heavy atom. The van der Waals surface area contributed by atoms with Gasteiger partial charge in [0.15, 0.2) is 0 Å². The molecule has 0 atom stereocenters. The number of rotatable bonds is 4. The van der Waals surface area contributed by atoms with Crippen molar-refractivity contribution in [3.05, 3.63) is 65.7 Å². The number of phenols is 2. The first kappa shape index (κ1) is 16.3. The molecule has 0 saturated carbocycles. The first-order valence-corrected chi connectivity index (χ1v) is 7.51. The van der Waals surface area contributed by atoms with Crippen LogP contribution >= 0.6 is 0 Å². The molecule has 3 N–H and O–H groups in total. The maximum absolute atomic E-state index is 12.4. The van der Waals surface area contributed by atoms with E-state index in [9.17, 15) is 15.0 Å². The minimum Gasteiger partial charge on any atom is -0.507 e. The third-order valence-electron chi connectivity index (χ3n) is 3.73. The van der Waals surface area contributed by atoms with Crippen LogP contribution in [0.3, 0.4) is 0 Å². The number of phenolic OH excluding ortho intramolecular Hbond substituents is 2. The Morgan fingerprint density at radius 1 is 1.08 bits per heavy atom. The van der Waals surface area contributed by atoms with Crippen molar-refractivity contribution in [2.45, 2.75) is 0 Å². The lowest BCUT2D eigenvalue weighted by atomic mass is 10.0. The highest BCUT2D eigenvalue weighted by Crippen LogP contribution is 2.27. The predicted octanol–water partition coefficient (Wildman–Crippen LogP) is 3.02. The molecular weight excluding hydrogens is 320 g/mol. The van der Waals surface area contributed by atoms with Crippen molar-refractivity contribution in [1.29, 1.82) is 0 Å². The van der Waals surface area contributed by atoms with Crippen LogP contribution in [0, 0.1) is 0 Å². The Labute approximate surface area is 144 Å². The minimum atomic E-state index is -0.467. The summed E-state index contributed by atoms with van der Waals surface area (Å²) < 4.78 is 5.08. The second-order valence-electron chi connectivity index (χ2n) is 5.30. The maximum Gasteiger partial charge on any atom is 0.272 e. The van der Waals surface area contributed by atoms with Crippen LogP contribution in [0.5, 0.6) is 17.2 Å². The third-order valence-corrected chi connectivity index (χ3v) is 3.73. The van der Waals surface area contributed by atoms with Crippen LogP contribution in [0.15, 0.2) is 59.7 Å². The van der Waals surface area contributed by atoms with Gasteiger partial charge in [0.1, 0.15) is 17.2 Å². The molecule has 0 spiro atoms. The molecule has 3 rings (SSSR count). The molecule has 0 aliphatic carbocycles. The zero-order valence-electron chi connectivity index (χ0n) is 13.4. The Balaban J connectivity index is 1.84. The number of ether oxygens (including phenoxy) is 1. The molecule has 0 aliphatic rings. The van der Waals surface area contributed by atoms with E-state index in [1.54, 1.807) is 30.3 Å².